The lowest BCUT2D eigenvalue weighted by Gasteiger charge is -2.26. The zero-order chi connectivity index (χ0) is 22.5. The SMILES string of the molecule is CSC(Oc1cc(C)c2ncc(I)cc2c1)C(=O)NC(C)(C)C=CNOC(C)(C)C. The number of hydrogen-bond donors (Lipinski definition) is 2. The summed E-state index contributed by atoms with van der Waals surface area (Å²) in [6, 6.07) is 5.89. The Bertz CT molecular complexity index is 926. The molecule has 1 aromatic heterocycles. The first kappa shape index (κ1) is 24.7. The van der Waals surface area contributed by atoms with Crippen LogP contribution in [-0.2, 0) is 9.63 Å². The van der Waals surface area contributed by atoms with E-state index in [1.807, 2.05) is 72.2 Å². The van der Waals surface area contributed by atoms with Gasteiger partial charge in [-0.15, -0.1) is 11.8 Å². The van der Waals surface area contributed by atoms with Crippen LogP contribution < -0.4 is 15.5 Å². The number of nitrogens with zero attached hydrogens (tertiary/aromatic N) is 1. The third kappa shape index (κ3) is 7.63. The topological polar surface area (TPSA) is 72.5 Å². The van der Waals surface area contributed by atoms with Gasteiger partial charge in [0.1, 0.15) is 5.75 Å². The minimum atomic E-state index is -0.677. The Kier molecular flexibility index (Phi) is 8.41. The molecule has 164 valence electrons. The van der Waals surface area contributed by atoms with E-state index in [2.05, 4.69) is 44.4 Å². The normalized spacial score (nSPS) is 13.5. The van der Waals surface area contributed by atoms with Crippen LogP contribution >= 0.6 is 34.4 Å². The summed E-state index contributed by atoms with van der Waals surface area (Å²) in [5.41, 5.74) is 3.17. The van der Waals surface area contributed by atoms with Crippen molar-refractivity contribution in [3.8, 4) is 5.75 Å². The molecule has 2 aromatic rings. The number of ether oxygens (including phenoxy) is 1. The summed E-state index contributed by atoms with van der Waals surface area (Å²) in [6.45, 7) is 11.7. The minimum absolute atomic E-state index is 0.201. The van der Waals surface area contributed by atoms with Gasteiger partial charge in [0, 0.05) is 21.4 Å². The first-order chi connectivity index (χ1) is 13.9. The third-order valence-electron chi connectivity index (χ3n) is 3.96. The lowest BCUT2D eigenvalue weighted by Crippen LogP contribution is -2.47. The van der Waals surface area contributed by atoms with Crippen LogP contribution in [0.3, 0.4) is 0 Å². The average molecular weight is 543 g/mol. The number of rotatable bonds is 8. The van der Waals surface area contributed by atoms with Crippen molar-refractivity contribution in [2.24, 2.45) is 0 Å². The number of aryl methyl sites for hydroxylation is 1. The predicted octanol–water partition coefficient (Wildman–Crippen LogP) is 4.94. The van der Waals surface area contributed by atoms with Gasteiger partial charge >= 0.3 is 0 Å². The lowest BCUT2D eigenvalue weighted by molar-refractivity contribution is -0.125. The molecule has 0 radical (unpaired) electrons. The van der Waals surface area contributed by atoms with Crippen molar-refractivity contribution < 1.29 is 14.4 Å². The first-order valence-corrected chi connectivity index (χ1v) is 12.0. The van der Waals surface area contributed by atoms with E-state index in [4.69, 9.17) is 9.57 Å². The molecule has 6 nitrogen and oxygen atoms in total. The molecule has 2 rings (SSSR count). The number of benzene rings is 1. The van der Waals surface area contributed by atoms with E-state index in [0.717, 1.165) is 20.0 Å². The van der Waals surface area contributed by atoms with Crippen LogP contribution in [0.4, 0.5) is 0 Å². The number of nitrogens with one attached hydrogen (secondary N) is 2. The van der Waals surface area contributed by atoms with Crippen molar-refractivity contribution in [3.63, 3.8) is 0 Å². The molecular weight excluding hydrogens is 513 g/mol. The van der Waals surface area contributed by atoms with Crippen LogP contribution in [0.15, 0.2) is 36.7 Å². The molecule has 0 saturated heterocycles. The molecule has 8 heteroatoms. The maximum atomic E-state index is 12.8. The van der Waals surface area contributed by atoms with E-state index in [-0.39, 0.29) is 11.5 Å². The highest BCUT2D eigenvalue weighted by Crippen LogP contribution is 2.27. The second-order valence-electron chi connectivity index (χ2n) is 8.53. The third-order valence-corrected chi connectivity index (χ3v) is 5.29. The molecule has 1 atom stereocenters. The Morgan fingerprint density at radius 2 is 1.93 bits per heavy atom. The molecule has 0 saturated carbocycles. The fraction of sp³-hybridized carbons (Fsp3) is 0.455. The Balaban J connectivity index is 2.07. The molecule has 1 unspecified atom stereocenters. The van der Waals surface area contributed by atoms with Crippen molar-refractivity contribution in [1.82, 2.24) is 15.8 Å². The number of hydrogen-bond acceptors (Lipinski definition) is 6. The summed E-state index contributed by atoms with van der Waals surface area (Å²) in [5, 5.41) is 4.00. The second kappa shape index (κ2) is 10.2. The number of thioether (sulfide) groups is 1. The second-order valence-corrected chi connectivity index (χ2v) is 10.7. The highest BCUT2D eigenvalue weighted by atomic mass is 127. The molecule has 1 aromatic carbocycles. The molecule has 0 aliphatic heterocycles. The molecule has 2 N–H and O–H groups in total. The van der Waals surface area contributed by atoms with E-state index < -0.39 is 11.0 Å². The van der Waals surface area contributed by atoms with Crippen LogP contribution in [0.2, 0.25) is 0 Å². The monoisotopic (exact) mass is 543 g/mol. The van der Waals surface area contributed by atoms with Crippen LogP contribution in [0, 0.1) is 10.5 Å². The van der Waals surface area contributed by atoms with E-state index in [0.29, 0.717) is 5.75 Å². The lowest BCUT2D eigenvalue weighted by atomic mass is 10.1. The Labute approximate surface area is 196 Å². The predicted molar refractivity (Wildman–Crippen MR) is 132 cm³/mol. The van der Waals surface area contributed by atoms with Crippen molar-refractivity contribution in [2.75, 3.05) is 6.26 Å². The molecule has 0 aliphatic rings. The highest BCUT2D eigenvalue weighted by Gasteiger charge is 2.25. The van der Waals surface area contributed by atoms with E-state index in [9.17, 15) is 4.79 Å². The number of aromatic nitrogens is 1. The van der Waals surface area contributed by atoms with Gasteiger partial charge in [0.05, 0.1) is 16.7 Å². The van der Waals surface area contributed by atoms with Crippen molar-refractivity contribution in [3.05, 3.63) is 45.8 Å². The zero-order valence-corrected chi connectivity index (χ0v) is 21.5. The fourth-order valence-electron chi connectivity index (χ4n) is 2.64. The van der Waals surface area contributed by atoms with E-state index in [1.54, 1.807) is 6.20 Å². The zero-order valence-electron chi connectivity index (χ0n) is 18.5. The highest BCUT2D eigenvalue weighted by molar-refractivity contribution is 14.1. The van der Waals surface area contributed by atoms with Crippen molar-refractivity contribution in [1.29, 1.82) is 0 Å². The number of amides is 1. The Morgan fingerprint density at radius 1 is 1.23 bits per heavy atom. The molecule has 0 bridgehead atoms. The number of carbonyl (C=O) groups is 1. The summed E-state index contributed by atoms with van der Waals surface area (Å²) in [5.74, 6) is 0.444. The molecule has 0 fully saturated rings. The average Bonchev–Trinajstić information content (AvgIpc) is 2.61. The fourth-order valence-corrected chi connectivity index (χ4v) is 3.60. The molecular formula is C22H30IN3O3S. The minimum Gasteiger partial charge on any atom is -0.470 e. The molecule has 30 heavy (non-hydrogen) atoms. The van der Waals surface area contributed by atoms with Gasteiger partial charge in [0.15, 0.2) is 0 Å². The summed E-state index contributed by atoms with van der Waals surface area (Å²) in [6.07, 6.45) is 7.21. The molecule has 1 amide bonds. The van der Waals surface area contributed by atoms with Crippen molar-refractivity contribution in [2.45, 2.75) is 58.1 Å². The summed E-state index contributed by atoms with van der Waals surface area (Å²) < 4.78 is 7.08. The van der Waals surface area contributed by atoms with E-state index >= 15 is 0 Å². The molecule has 0 spiro atoms. The quantitative estimate of drug-likeness (QED) is 0.279. The van der Waals surface area contributed by atoms with Crippen LogP contribution in [0.25, 0.3) is 10.9 Å². The van der Waals surface area contributed by atoms with Gasteiger partial charge in [-0.1, -0.05) is 0 Å². The van der Waals surface area contributed by atoms with E-state index in [1.165, 1.54) is 11.8 Å². The maximum absolute atomic E-state index is 12.8. The van der Waals surface area contributed by atoms with Gasteiger partial charge in [-0.3, -0.25) is 20.1 Å². The summed E-state index contributed by atoms with van der Waals surface area (Å²) >= 11 is 3.58. The van der Waals surface area contributed by atoms with Crippen LogP contribution in [-0.4, -0.2) is 33.7 Å². The smallest absolute Gasteiger partial charge is 0.272 e. The van der Waals surface area contributed by atoms with Gasteiger partial charge < -0.3 is 10.1 Å². The van der Waals surface area contributed by atoms with Gasteiger partial charge in [-0.25, -0.2) is 0 Å². The Hall–Kier alpha value is -1.52. The number of pyridine rings is 1. The Morgan fingerprint density at radius 3 is 2.57 bits per heavy atom. The number of fused-ring (bicyclic) bond motifs is 1. The van der Waals surface area contributed by atoms with Crippen LogP contribution in [0.1, 0.15) is 40.2 Å². The largest absolute Gasteiger partial charge is 0.470 e. The number of hydroxylamine groups is 1. The number of carbonyl (C=O) groups excluding carboxylic acids is 1. The molecule has 1 heterocycles. The van der Waals surface area contributed by atoms with Crippen molar-refractivity contribution >= 4 is 51.2 Å². The summed E-state index contributed by atoms with van der Waals surface area (Å²) in [7, 11) is 0. The summed E-state index contributed by atoms with van der Waals surface area (Å²) in [4.78, 5) is 22.8. The molecule has 0 aliphatic carbocycles. The first-order valence-electron chi connectivity index (χ1n) is 9.59. The number of halogens is 1. The van der Waals surface area contributed by atoms with Gasteiger partial charge in [-0.2, -0.15) is 0 Å². The standard InChI is InChI=1S/C22H30IN3O3S/c1-14-10-17(12-15-11-16(23)13-24-18(14)15)28-20(30-7)19(27)26-22(5,6)8-9-25-29-21(2,3)4/h8-13,20,25H,1-7H3,(H,26,27). The van der Waals surface area contributed by atoms with Crippen LogP contribution in [0.5, 0.6) is 5.75 Å². The maximum Gasteiger partial charge on any atom is 0.272 e. The van der Waals surface area contributed by atoms with Gasteiger partial charge in [-0.05, 0) is 100 Å². The van der Waals surface area contributed by atoms with Gasteiger partial charge in [0.2, 0.25) is 5.44 Å². The van der Waals surface area contributed by atoms with Gasteiger partial charge in [0.25, 0.3) is 5.91 Å².